The first-order valence-electron chi connectivity index (χ1n) is 4.71. The highest BCUT2D eigenvalue weighted by atomic mass is 16.5. The van der Waals surface area contributed by atoms with E-state index in [-0.39, 0.29) is 32.8 Å². The van der Waals surface area contributed by atoms with E-state index in [1.807, 2.05) is 0 Å². The van der Waals surface area contributed by atoms with Crippen molar-refractivity contribution in [2.45, 2.75) is 13.3 Å². The van der Waals surface area contributed by atoms with E-state index in [2.05, 4.69) is 4.74 Å². The minimum absolute atomic E-state index is 0.0498. The van der Waals surface area contributed by atoms with Crippen molar-refractivity contribution in [2.24, 2.45) is 5.92 Å². The normalized spacial score (nSPS) is 12.1. The molecule has 15 heavy (non-hydrogen) atoms. The molecule has 0 amide bonds. The van der Waals surface area contributed by atoms with E-state index in [1.165, 1.54) is 0 Å². The van der Waals surface area contributed by atoms with Crippen LogP contribution in [0.2, 0.25) is 0 Å². The van der Waals surface area contributed by atoms with Gasteiger partial charge >= 0.3 is 11.9 Å². The molecule has 0 rings (SSSR count). The van der Waals surface area contributed by atoms with Crippen LogP contribution in [0.4, 0.5) is 0 Å². The van der Waals surface area contributed by atoms with Crippen LogP contribution in [0.5, 0.6) is 0 Å². The summed E-state index contributed by atoms with van der Waals surface area (Å²) >= 11 is 0. The lowest BCUT2D eigenvalue weighted by atomic mass is 10.1. The topological polar surface area (TPSA) is 93.1 Å². The Hall–Kier alpha value is -1.14. The standard InChI is InChI=1S/C9H16O6/c1-2-15-9(13)7(8(11)12)3-5-14-6-4-10/h7,10H,2-6H2,1H3,(H,11,12). The van der Waals surface area contributed by atoms with Gasteiger partial charge in [-0.25, -0.2) is 0 Å². The van der Waals surface area contributed by atoms with Crippen molar-refractivity contribution >= 4 is 11.9 Å². The van der Waals surface area contributed by atoms with Crippen LogP contribution >= 0.6 is 0 Å². The Morgan fingerprint density at radius 2 is 2.00 bits per heavy atom. The van der Waals surface area contributed by atoms with Crippen LogP contribution in [0.25, 0.3) is 0 Å². The monoisotopic (exact) mass is 220 g/mol. The highest BCUT2D eigenvalue weighted by Crippen LogP contribution is 2.06. The van der Waals surface area contributed by atoms with E-state index in [0.717, 1.165) is 0 Å². The first kappa shape index (κ1) is 13.9. The second-order valence-electron chi connectivity index (χ2n) is 2.77. The molecule has 88 valence electrons. The lowest BCUT2D eigenvalue weighted by Crippen LogP contribution is -2.27. The number of ether oxygens (including phenoxy) is 2. The van der Waals surface area contributed by atoms with Crippen molar-refractivity contribution in [3.63, 3.8) is 0 Å². The molecular weight excluding hydrogens is 204 g/mol. The van der Waals surface area contributed by atoms with Gasteiger partial charge in [-0.3, -0.25) is 9.59 Å². The van der Waals surface area contributed by atoms with E-state index in [4.69, 9.17) is 14.9 Å². The summed E-state index contributed by atoms with van der Waals surface area (Å²) in [7, 11) is 0. The van der Waals surface area contributed by atoms with Gasteiger partial charge in [0.05, 0.1) is 19.8 Å². The van der Waals surface area contributed by atoms with E-state index >= 15 is 0 Å². The molecule has 6 heteroatoms. The second-order valence-corrected chi connectivity index (χ2v) is 2.77. The third-order valence-corrected chi connectivity index (χ3v) is 1.66. The molecule has 1 atom stereocenters. The number of rotatable bonds is 8. The first-order valence-corrected chi connectivity index (χ1v) is 4.71. The van der Waals surface area contributed by atoms with Crippen LogP contribution in [0, 0.1) is 5.92 Å². The summed E-state index contributed by atoms with van der Waals surface area (Å²) in [5.74, 6) is -3.16. The highest BCUT2D eigenvalue weighted by Gasteiger charge is 2.27. The minimum atomic E-state index is -1.22. The lowest BCUT2D eigenvalue weighted by molar-refractivity contribution is -0.159. The van der Waals surface area contributed by atoms with Crippen molar-refractivity contribution in [1.82, 2.24) is 0 Å². The smallest absolute Gasteiger partial charge is 0.320 e. The van der Waals surface area contributed by atoms with Gasteiger partial charge in [0.1, 0.15) is 0 Å². The van der Waals surface area contributed by atoms with Crippen LogP contribution in [0.1, 0.15) is 13.3 Å². The van der Waals surface area contributed by atoms with E-state index in [1.54, 1.807) is 6.92 Å². The zero-order chi connectivity index (χ0) is 11.7. The number of carboxylic acids is 1. The number of esters is 1. The fourth-order valence-corrected chi connectivity index (χ4v) is 0.953. The van der Waals surface area contributed by atoms with Gasteiger partial charge in [0.15, 0.2) is 5.92 Å². The van der Waals surface area contributed by atoms with Gasteiger partial charge < -0.3 is 19.7 Å². The molecule has 0 heterocycles. The minimum Gasteiger partial charge on any atom is -0.481 e. The molecule has 0 fully saturated rings. The molecule has 6 nitrogen and oxygen atoms in total. The Morgan fingerprint density at radius 3 is 2.47 bits per heavy atom. The van der Waals surface area contributed by atoms with Crippen LogP contribution < -0.4 is 0 Å². The molecule has 2 N–H and O–H groups in total. The average molecular weight is 220 g/mol. The molecule has 1 unspecified atom stereocenters. The number of aliphatic hydroxyl groups is 1. The lowest BCUT2D eigenvalue weighted by Gasteiger charge is -2.10. The number of hydrogen-bond donors (Lipinski definition) is 2. The molecule has 0 aliphatic rings. The Morgan fingerprint density at radius 1 is 1.33 bits per heavy atom. The van der Waals surface area contributed by atoms with Gasteiger partial charge in [-0.15, -0.1) is 0 Å². The summed E-state index contributed by atoms with van der Waals surface area (Å²) in [6.07, 6.45) is 0.0498. The fourth-order valence-electron chi connectivity index (χ4n) is 0.953. The molecule has 0 bridgehead atoms. The molecule has 0 saturated heterocycles. The quantitative estimate of drug-likeness (QED) is 0.330. The number of carbonyl (C=O) groups is 2. The van der Waals surface area contributed by atoms with Gasteiger partial charge in [0.25, 0.3) is 0 Å². The van der Waals surface area contributed by atoms with E-state index in [9.17, 15) is 9.59 Å². The third kappa shape index (κ3) is 6.03. The van der Waals surface area contributed by atoms with Crippen molar-refractivity contribution in [3.8, 4) is 0 Å². The molecule has 0 spiro atoms. The third-order valence-electron chi connectivity index (χ3n) is 1.66. The molecule has 0 aromatic carbocycles. The van der Waals surface area contributed by atoms with Crippen molar-refractivity contribution in [3.05, 3.63) is 0 Å². The summed E-state index contributed by atoms with van der Waals surface area (Å²) in [5, 5.41) is 17.1. The Bertz CT molecular complexity index is 203. The molecular formula is C9H16O6. The fraction of sp³-hybridized carbons (Fsp3) is 0.778. The summed E-state index contributed by atoms with van der Waals surface area (Å²) < 4.78 is 9.47. The first-order chi connectivity index (χ1) is 7.13. The number of aliphatic hydroxyl groups excluding tert-OH is 1. The zero-order valence-electron chi connectivity index (χ0n) is 8.64. The van der Waals surface area contributed by atoms with E-state index in [0.29, 0.717) is 0 Å². The van der Waals surface area contributed by atoms with E-state index < -0.39 is 17.9 Å². The maximum absolute atomic E-state index is 11.1. The Balaban J connectivity index is 3.94. The molecule has 0 saturated carbocycles. The number of carboxylic acid groups (broad SMARTS) is 1. The highest BCUT2D eigenvalue weighted by molar-refractivity contribution is 5.93. The van der Waals surface area contributed by atoms with Crippen LogP contribution in [-0.2, 0) is 19.1 Å². The average Bonchev–Trinajstić information content (AvgIpc) is 2.17. The Kier molecular flexibility index (Phi) is 7.57. The Labute approximate surface area is 87.8 Å². The summed E-state index contributed by atoms with van der Waals surface area (Å²) in [5.41, 5.74) is 0. The maximum Gasteiger partial charge on any atom is 0.320 e. The van der Waals surface area contributed by atoms with Crippen LogP contribution in [0.3, 0.4) is 0 Å². The predicted octanol–water partition coefficient (Wildman–Crippen LogP) is -0.351. The van der Waals surface area contributed by atoms with Gasteiger partial charge in [0, 0.05) is 6.61 Å². The number of carbonyl (C=O) groups excluding carboxylic acids is 1. The SMILES string of the molecule is CCOC(=O)C(CCOCCO)C(=O)O. The summed E-state index contributed by atoms with van der Waals surface area (Å²) in [6.45, 7) is 1.88. The molecule has 0 aliphatic carbocycles. The van der Waals surface area contributed by atoms with Crippen LogP contribution in [-0.4, -0.2) is 48.6 Å². The number of hydrogen-bond acceptors (Lipinski definition) is 5. The van der Waals surface area contributed by atoms with Gasteiger partial charge in [-0.05, 0) is 13.3 Å². The maximum atomic E-state index is 11.1. The molecule has 0 aromatic heterocycles. The van der Waals surface area contributed by atoms with Gasteiger partial charge in [-0.1, -0.05) is 0 Å². The van der Waals surface area contributed by atoms with Crippen molar-refractivity contribution < 1.29 is 29.3 Å². The van der Waals surface area contributed by atoms with Crippen molar-refractivity contribution in [1.29, 1.82) is 0 Å². The van der Waals surface area contributed by atoms with Crippen LogP contribution in [0.15, 0.2) is 0 Å². The summed E-state index contributed by atoms with van der Waals surface area (Å²) in [4.78, 5) is 21.8. The predicted molar refractivity (Wildman–Crippen MR) is 50.3 cm³/mol. The van der Waals surface area contributed by atoms with Gasteiger partial charge in [-0.2, -0.15) is 0 Å². The zero-order valence-corrected chi connectivity index (χ0v) is 8.64. The number of aliphatic carboxylic acids is 1. The van der Waals surface area contributed by atoms with Crippen molar-refractivity contribution in [2.75, 3.05) is 26.4 Å². The largest absolute Gasteiger partial charge is 0.481 e. The molecule has 0 aliphatic heterocycles. The second kappa shape index (κ2) is 8.19. The van der Waals surface area contributed by atoms with Gasteiger partial charge in [0.2, 0.25) is 0 Å². The molecule has 0 radical (unpaired) electrons. The summed E-state index contributed by atoms with van der Waals surface area (Å²) in [6, 6.07) is 0. The molecule has 0 aromatic rings.